The Labute approximate surface area is 95.6 Å². The predicted molar refractivity (Wildman–Crippen MR) is 59.0 cm³/mol. The van der Waals surface area contributed by atoms with Gasteiger partial charge in [-0.05, 0) is 18.9 Å². The van der Waals surface area contributed by atoms with Gasteiger partial charge in [-0.2, -0.15) is 4.98 Å². The highest BCUT2D eigenvalue weighted by atomic mass is 16.5. The van der Waals surface area contributed by atoms with Crippen molar-refractivity contribution in [1.82, 2.24) is 15.5 Å². The van der Waals surface area contributed by atoms with Gasteiger partial charge in [-0.25, -0.2) is 0 Å². The zero-order chi connectivity index (χ0) is 11.4. The highest BCUT2D eigenvalue weighted by molar-refractivity contribution is 5.00. The van der Waals surface area contributed by atoms with E-state index in [0.29, 0.717) is 24.3 Å². The first-order valence-electron chi connectivity index (χ1n) is 5.92. The van der Waals surface area contributed by atoms with Crippen molar-refractivity contribution in [3.05, 3.63) is 11.7 Å². The van der Waals surface area contributed by atoms with Crippen LogP contribution >= 0.6 is 0 Å². The van der Waals surface area contributed by atoms with E-state index in [9.17, 15) is 0 Å². The molecular formula is C11H19N3O2. The topological polar surface area (TPSA) is 60.2 Å². The minimum Gasteiger partial charge on any atom is -0.373 e. The maximum Gasteiger partial charge on any atom is 0.231 e. The van der Waals surface area contributed by atoms with E-state index in [0.717, 1.165) is 32.0 Å². The number of hydrogen-bond acceptors (Lipinski definition) is 5. The average molecular weight is 225 g/mol. The van der Waals surface area contributed by atoms with E-state index in [1.807, 2.05) is 0 Å². The zero-order valence-corrected chi connectivity index (χ0v) is 9.90. The van der Waals surface area contributed by atoms with Crippen LogP contribution in [0.4, 0.5) is 0 Å². The lowest BCUT2D eigenvalue weighted by Gasteiger charge is -2.07. The van der Waals surface area contributed by atoms with Crippen LogP contribution in [0.15, 0.2) is 4.52 Å². The summed E-state index contributed by atoms with van der Waals surface area (Å²) in [6.45, 7) is 7.42. The molecule has 0 unspecified atom stereocenters. The van der Waals surface area contributed by atoms with Crippen LogP contribution in [0.5, 0.6) is 0 Å². The van der Waals surface area contributed by atoms with E-state index in [1.165, 1.54) is 0 Å². The van der Waals surface area contributed by atoms with E-state index in [1.54, 1.807) is 0 Å². The number of nitrogens with zero attached hydrogens (tertiary/aromatic N) is 2. The first-order chi connectivity index (χ1) is 7.81. The summed E-state index contributed by atoms with van der Waals surface area (Å²) in [6, 6.07) is 0. The van der Waals surface area contributed by atoms with Gasteiger partial charge >= 0.3 is 0 Å². The second-order valence-electron chi connectivity index (χ2n) is 4.34. The third-order valence-electron chi connectivity index (χ3n) is 2.90. The molecule has 0 bridgehead atoms. The van der Waals surface area contributed by atoms with Crippen LogP contribution < -0.4 is 5.32 Å². The number of nitrogens with one attached hydrogen (secondary N) is 1. The Morgan fingerprint density at radius 1 is 1.50 bits per heavy atom. The molecule has 1 aromatic rings. The molecule has 1 aliphatic heterocycles. The van der Waals surface area contributed by atoms with Crippen LogP contribution in [0.1, 0.15) is 37.9 Å². The third-order valence-corrected chi connectivity index (χ3v) is 2.90. The molecular weight excluding hydrogens is 206 g/mol. The summed E-state index contributed by atoms with van der Waals surface area (Å²) in [5.41, 5.74) is 0. The lowest BCUT2D eigenvalue weighted by atomic mass is 9.98. The Hall–Kier alpha value is -0.940. The number of aromatic nitrogens is 2. The van der Waals surface area contributed by atoms with Gasteiger partial charge in [0.2, 0.25) is 5.89 Å². The maximum absolute atomic E-state index is 5.37. The van der Waals surface area contributed by atoms with E-state index in [-0.39, 0.29) is 0 Å². The minimum atomic E-state index is 0.354. The van der Waals surface area contributed by atoms with Crippen molar-refractivity contribution in [2.24, 2.45) is 5.92 Å². The third kappa shape index (κ3) is 2.59. The van der Waals surface area contributed by atoms with E-state index in [4.69, 9.17) is 9.26 Å². The van der Waals surface area contributed by atoms with Gasteiger partial charge in [-0.3, -0.25) is 0 Å². The van der Waals surface area contributed by atoms with Crippen molar-refractivity contribution in [3.8, 4) is 0 Å². The minimum absolute atomic E-state index is 0.354. The van der Waals surface area contributed by atoms with E-state index >= 15 is 0 Å². The molecule has 2 heterocycles. The summed E-state index contributed by atoms with van der Waals surface area (Å²) >= 11 is 0. The molecule has 1 fully saturated rings. The van der Waals surface area contributed by atoms with Gasteiger partial charge in [-0.1, -0.05) is 19.0 Å². The summed E-state index contributed by atoms with van der Waals surface area (Å²) in [7, 11) is 0. The van der Waals surface area contributed by atoms with Crippen molar-refractivity contribution in [1.29, 1.82) is 0 Å². The van der Waals surface area contributed by atoms with Crippen molar-refractivity contribution in [3.63, 3.8) is 0 Å². The molecule has 5 heteroatoms. The Bertz CT molecular complexity index is 327. The zero-order valence-electron chi connectivity index (χ0n) is 9.90. The van der Waals surface area contributed by atoms with Gasteiger partial charge < -0.3 is 14.6 Å². The molecule has 0 aliphatic carbocycles. The molecule has 5 nitrogen and oxygen atoms in total. The first kappa shape index (κ1) is 11.5. The lowest BCUT2D eigenvalue weighted by Crippen LogP contribution is -2.08. The summed E-state index contributed by atoms with van der Waals surface area (Å²) in [4.78, 5) is 4.37. The van der Waals surface area contributed by atoms with Crippen molar-refractivity contribution >= 4 is 0 Å². The van der Waals surface area contributed by atoms with Gasteiger partial charge in [0.1, 0.15) is 6.61 Å². The van der Waals surface area contributed by atoms with Crippen LogP contribution in [0, 0.1) is 5.92 Å². The van der Waals surface area contributed by atoms with E-state index < -0.39 is 0 Å². The monoisotopic (exact) mass is 225 g/mol. The van der Waals surface area contributed by atoms with Gasteiger partial charge in [0.05, 0.1) is 5.92 Å². The van der Waals surface area contributed by atoms with Gasteiger partial charge in [-0.15, -0.1) is 0 Å². The fourth-order valence-electron chi connectivity index (χ4n) is 1.93. The predicted octanol–water partition coefficient (Wildman–Crippen LogP) is 1.32. The van der Waals surface area contributed by atoms with E-state index in [2.05, 4.69) is 29.3 Å². The average Bonchev–Trinajstić information content (AvgIpc) is 2.87. The lowest BCUT2D eigenvalue weighted by molar-refractivity contribution is 0.114. The van der Waals surface area contributed by atoms with Gasteiger partial charge in [0, 0.05) is 13.2 Å². The highest BCUT2D eigenvalue weighted by Gasteiger charge is 2.29. The Kier molecular flexibility index (Phi) is 3.90. The molecule has 0 radical (unpaired) electrons. The van der Waals surface area contributed by atoms with Gasteiger partial charge in [0.25, 0.3) is 0 Å². The number of ether oxygens (including phenoxy) is 1. The molecule has 0 aromatic carbocycles. The molecule has 0 amide bonds. The summed E-state index contributed by atoms with van der Waals surface area (Å²) in [5, 5.41) is 7.25. The summed E-state index contributed by atoms with van der Waals surface area (Å²) < 4.78 is 10.6. The van der Waals surface area contributed by atoms with Crippen LogP contribution in [0.3, 0.4) is 0 Å². The van der Waals surface area contributed by atoms with Gasteiger partial charge in [0.15, 0.2) is 5.82 Å². The molecule has 0 saturated carbocycles. The largest absolute Gasteiger partial charge is 0.373 e. The Morgan fingerprint density at radius 2 is 2.38 bits per heavy atom. The fraction of sp³-hybridized carbons (Fsp3) is 0.818. The second-order valence-corrected chi connectivity index (χ2v) is 4.34. The van der Waals surface area contributed by atoms with Crippen molar-refractivity contribution < 1.29 is 9.26 Å². The van der Waals surface area contributed by atoms with Crippen LogP contribution in [-0.2, 0) is 11.3 Å². The van der Waals surface area contributed by atoms with Crippen LogP contribution in [0.2, 0.25) is 0 Å². The molecule has 16 heavy (non-hydrogen) atoms. The van der Waals surface area contributed by atoms with Crippen molar-refractivity contribution in [2.45, 2.75) is 32.8 Å². The Balaban J connectivity index is 1.91. The molecule has 90 valence electrons. The Morgan fingerprint density at radius 3 is 3.06 bits per heavy atom. The van der Waals surface area contributed by atoms with Crippen LogP contribution in [-0.4, -0.2) is 29.8 Å². The molecule has 0 spiro atoms. The maximum atomic E-state index is 5.37. The van der Waals surface area contributed by atoms with Crippen LogP contribution in [0.25, 0.3) is 0 Å². The summed E-state index contributed by atoms with van der Waals surface area (Å²) in [6.07, 6.45) is 1.01. The summed E-state index contributed by atoms with van der Waals surface area (Å²) in [5.74, 6) is 2.31. The molecule has 2 atom stereocenters. The normalized spacial score (nSPS) is 25.1. The SMILES string of the molecule is CCCOCc1noc([C@@H]2CNC[C@H]2C)n1. The number of rotatable bonds is 5. The first-order valence-corrected chi connectivity index (χ1v) is 5.92. The standard InChI is InChI=1S/C11H19N3O2/c1-3-4-15-7-10-13-11(16-14-10)9-6-12-5-8(9)2/h8-9,12H,3-7H2,1-2H3/t8-,9-/m1/s1. The number of hydrogen-bond donors (Lipinski definition) is 1. The molecule has 1 saturated heterocycles. The fourth-order valence-corrected chi connectivity index (χ4v) is 1.93. The second kappa shape index (κ2) is 5.41. The molecule has 1 N–H and O–H groups in total. The molecule has 1 aromatic heterocycles. The quantitative estimate of drug-likeness (QED) is 0.766. The molecule has 1 aliphatic rings. The highest BCUT2D eigenvalue weighted by Crippen LogP contribution is 2.26. The van der Waals surface area contributed by atoms with Crippen molar-refractivity contribution in [2.75, 3.05) is 19.7 Å². The smallest absolute Gasteiger partial charge is 0.231 e. The molecule has 2 rings (SSSR count).